The molecular formula is C24H17ClN2O4. The van der Waals surface area contributed by atoms with Crippen molar-refractivity contribution < 1.29 is 18.7 Å². The Bertz CT molecular complexity index is 1320. The van der Waals surface area contributed by atoms with E-state index in [9.17, 15) is 9.59 Å². The maximum atomic E-state index is 13.0. The zero-order valence-electron chi connectivity index (χ0n) is 16.8. The minimum absolute atomic E-state index is 0.242. The highest BCUT2D eigenvalue weighted by Gasteiger charge is 2.30. The van der Waals surface area contributed by atoms with Crippen molar-refractivity contribution >= 4 is 41.0 Å². The van der Waals surface area contributed by atoms with Gasteiger partial charge in [-0.1, -0.05) is 23.7 Å². The molecule has 6 nitrogen and oxygen atoms in total. The summed E-state index contributed by atoms with van der Waals surface area (Å²) in [5, 5.41) is 6.36. The standard InChI is InChI=1S/C24H17ClN2O4/c1-13-20(25)4-3-5-21(13)27-23(28)19(14(2)26-27)11-17-7-9-22(31-17)15-6-8-18-16(10-15)12-30-24(18)29/h3-11H,12H2,1-2H3/b19-11-. The summed E-state index contributed by atoms with van der Waals surface area (Å²) in [6.45, 7) is 3.90. The van der Waals surface area contributed by atoms with Crippen LogP contribution in [-0.4, -0.2) is 17.6 Å². The third-order valence-corrected chi connectivity index (χ3v) is 5.82. The molecular weight excluding hydrogens is 416 g/mol. The lowest BCUT2D eigenvalue weighted by Gasteiger charge is -2.15. The van der Waals surface area contributed by atoms with E-state index in [4.69, 9.17) is 20.8 Å². The average Bonchev–Trinajstić information content (AvgIpc) is 3.45. The van der Waals surface area contributed by atoms with Gasteiger partial charge in [-0.25, -0.2) is 4.79 Å². The predicted octanol–water partition coefficient (Wildman–Crippen LogP) is 5.38. The second kappa shape index (κ2) is 7.25. The summed E-state index contributed by atoms with van der Waals surface area (Å²) in [7, 11) is 0. The van der Waals surface area contributed by atoms with E-state index >= 15 is 0 Å². The van der Waals surface area contributed by atoms with Crippen LogP contribution in [0.4, 0.5) is 5.69 Å². The Kier molecular flexibility index (Phi) is 4.52. The molecule has 0 saturated carbocycles. The third-order valence-electron chi connectivity index (χ3n) is 5.41. The summed E-state index contributed by atoms with van der Waals surface area (Å²) in [5.41, 5.74) is 4.73. The Balaban J connectivity index is 1.44. The van der Waals surface area contributed by atoms with E-state index in [2.05, 4.69) is 5.10 Å². The van der Waals surface area contributed by atoms with Gasteiger partial charge in [-0.3, -0.25) is 4.79 Å². The molecule has 3 heterocycles. The minimum Gasteiger partial charge on any atom is -0.457 e. The molecule has 0 unspecified atom stereocenters. The van der Waals surface area contributed by atoms with Crippen LogP contribution in [0.25, 0.3) is 17.4 Å². The molecule has 154 valence electrons. The van der Waals surface area contributed by atoms with Crippen molar-refractivity contribution in [1.29, 1.82) is 0 Å². The van der Waals surface area contributed by atoms with Crippen molar-refractivity contribution in [3.8, 4) is 11.3 Å². The van der Waals surface area contributed by atoms with Crippen LogP contribution >= 0.6 is 11.6 Å². The Morgan fingerprint density at radius 1 is 1.10 bits per heavy atom. The molecule has 2 aromatic carbocycles. The van der Waals surface area contributed by atoms with Gasteiger partial charge < -0.3 is 9.15 Å². The number of ether oxygens (including phenoxy) is 1. The number of nitrogens with zero attached hydrogens (tertiary/aromatic N) is 2. The number of carbonyl (C=O) groups excluding carboxylic acids is 2. The van der Waals surface area contributed by atoms with Crippen LogP contribution in [0.3, 0.4) is 0 Å². The number of furan rings is 1. The number of cyclic esters (lactones) is 1. The summed E-state index contributed by atoms with van der Waals surface area (Å²) in [4.78, 5) is 24.7. The number of fused-ring (bicyclic) bond motifs is 1. The number of hydrogen-bond donors (Lipinski definition) is 0. The smallest absolute Gasteiger partial charge is 0.338 e. The van der Waals surface area contributed by atoms with E-state index in [-0.39, 0.29) is 18.5 Å². The number of benzene rings is 2. The number of esters is 1. The van der Waals surface area contributed by atoms with Crippen LogP contribution in [0, 0.1) is 6.92 Å². The first kappa shape index (κ1) is 19.3. The maximum absolute atomic E-state index is 13.0. The van der Waals surface area contributed by atoms with Crippen LogP contribution < -0.4 is 5.01 Å². The van der Waals surface area contributed by atoms with E-state index in [1.165, 1.54) is 5.01 Å². The minimum atomic E-state index is -0.305. The fourth-order valence-corrected chi connectivity index (χ4v) is 3.86. The summed E-state index contributed by atoms with van der Waals surface area (Å²) in [6.07, 6.45) is 1.69. The molecule has 0 fully saturated rings. The highest BCUT2D eigenvalue weighted by atomic mass is 35.5. The molecule has 0 saturated heterocycles. The first-order valence-corrected chi connectivity index (χ1v) is 10.1. The van der Waals surface area contributed by atoms with Crippen LogP contribution in [-0.2, 0) is 16.1 Å². The Morgan fingerprint density at radius 2 is 1.94 bits per heavy atom. The van der Waals surface area contributed by atoms with E-state index < -0.39 is 0 Å². The molecule has 31 heavy (non-hydrogen) atoms. The van der Waals surface area contributed by atoms with Crippen molar-refractivity contribution in [2.24, 2.45) is 5.10 Å². The maximum Gasteiger partial charge on any atom is 0.338 e. The molecule has 5 rings (SSSR count). The largest absolute Gasteiger partial charge is 0.457 e. The van der Waals surface area contributed by atoms with E-state index in [1.807, 2.05) is 31.2 Å². The van der Waals surface area contributed by atoms with Gasteiger partial charge >= 0.3 is 5.97 Å². The van der Waals surface area contributed by atoms with Gasteiger partial charge in [0.1, 0.15) is 18.1 Å². The Labute approximate surface area is 183 Å². The number of carbonyl (C=O) groups is 2. The first-order chi connectivity index (χ1) is 14.9. The van der Waals surface area contributed by atoms with Crippen LogP contribution in [0.5, 0.6) is 0 Å². The molecule has 0 atom stereocenters. The number of hydrogen-bond acceptors (Lipinski definition) is 5. The fraction of sp³-hybridized carbons (Fsp3) is 0.125. The summed E-state index contributed by atoms with van der Waals surface area (Å²) in [5.74, 6) is 0.622. The van der Waals surface area contributed by atoms with Gasteiger partial charge in [0.25, 0.3) is 5.91 Å². The van der Waals surface area contributed by atoms with Gasteiger partial charge in [0, 0.05) is 16.1 Å². The van der Waals surface area contributed by atoms with Gasteiger partial charge in [-0.15, -0.1) is 0 Å². The lowest BCUT2D eigenvalue weighted by atomic mass is 10.0. The molecule has 0 N–H and O–H groups in total. The fourth-order valence-electron chi connectivity index (χ4n) is 3.69. The summed E-state index contributed by atoms with van der Waals surface area (Å²) >= 11 is 6.20. The normalized spacial score (nSPS) is 16.7. The number of hydrazone groups is 1. The van der Waals surface area contributed by atoms with Crippen molar-refractivity contribution in [2.75, 3.05) is 5.01 Å². The van der Waals surface area contributed by atoms with Crippen LogP contribution in [0.1, 0.15) is 34.2 Å². The number of amides is 1. The number of rotatable bonds is 3. The van der Waals surface area contributed by atoms with Gasteiger partial charge in [0.15, 0.2) is 0 Å². The molecule has 3 aromatic rings. The quantitative estimate of drug-likeness (QED) is 0.411. The van der Waals surface area contributed by atoms with E-state index in [0.29, 0.717) is 39.1 Å². The average molecular weight is 433 g/mol. The van der Waals surface area contributed by atoms with Crippen molar-refractivity contribution in [3.05, 3.63) is 81.6 Å². The molecule has 0 aliphatic carbocycles. The molecule has 7 heteroatoms. The first-order valence-electron chi connectivity index (χ1n) is 9.69. The van der Waals surface area contributed by atoms with Gasteiger partial charge in [-0.05, 0) is 61.9 Å². The zero-order valence-corrected chi connectivity index (χ0v) is 17.6. The highest BCUT2D eigenvalue weighted by molar-refractivity contribution is 6.34. The molecule has 1 amide bonds. The topological polar surface area (TPSA) is 72.1 Å². The highest BCUT2D eigenvalue weighted by Crippen LogP contribution is 2.32. The van der Waals surface area contributed by atoms with Crippen molar-refractivity contribution in [1.82, 2.24) is 0 Å². The number of anilines is 1. The second-order valence-corrected chi connectivity index (χ2v) is 7.80. The molecule has 2 aliphatic rings. The lowest BCUT2D eigenvalue weighted by molar-refractivity contribution is -0.114. The second-order valence-electron chi connectivity index (χ2n) is 7.39. The van der Waals surface area contributed by atoms with Gasteiger partial charge in [0.2, 0.25) is 0 Å². The van der Waals surface area contributed by atoms with Crippen molar-refractivity contribution in [3.63, 3.8) is 0 Å². The summed E-state index contributed by atoms with van der Waals surface area (Å²) < 4.78 is 11.0. The third kappa shape index (κ3) is 3.25. The molecule has 0 radical (unpaired) electrons. The Morgan fingerprint density at radius 3 is 2.77 bits per heavy atom. The van der Waals surface area contributed by atoms with E-state index in [0.717, 1.165) is 16.7 Å². The van der Waals surface area contributed by atoms with Crippen LogP contribution in [0.15, 0.2) is 63.6 Å². The van der Waals surface area contributed by atoms with Gasteiger partial charge in [0.05, 0.1) is 22.5 Å². The molecule has 0 spiro atoms. The zero-order chi connectivity index (χ0) is 21.7. The lowest BCUT2D eigenvalue weighted by Crippen LogP contribution is -2.22. The monoisotopic (exact) mass is 432 g/mol. The van der Waals surface area contributed by atoms with Gasteiger partial charge in [-0.2, -0.15) is 10.1 Å². The molecule has 2 aliphatic heterocycles. The van der Waals surface area contributed by atoms with E-state index in [1.54, 1.807) is 37.3 Å². The SMILES string of the molecule is CC1=NN(c2cccc(Cl)c2C)C(=O)/C1=C\c1ccc(-c2ccc3c(c2)COC3=O)o1. The van der Waals surface area contributed by atoms with Crippen molar-refractivity contribution in [2.45, 2.75) is 20.5 Å². The predicted molar refractivity (Wildman–Crippen MR) is 118 cm³/mol. The number of halogens is 1. The Hall–Kier alpha value is -3.64. The van der Waals surface area contributed by atoms with Crippen LogP contribution in [0.2, 0.25) is 5.02 Å². The molecule has 1 aromatic heterocycles. The molecule has 0 bridgehead atoms. The summed E-state index contributed by atoms with van der Waals surface area (Å²) in [6, 6.07) is 14.4.